The number of amides is 1. The van der Waals surface area contributed by atoms with E-state index in [-0.39, 0.29) is 5.91 Å². The van der Waals surface area contributed by atoms with Crippen molar-refractivity contribution < 1.29 is 4.79 Å². The molecule has 27 heavy (non-hydrogen) atoms. The SMILES string of the molecule is Cc1cnccc1N1CCCN(C(=O)CN2CCc3ccccc3C2)CC1. The summed E-state index contributed by atoms with van der Waals surface area (Å²) >= 11 is 0. The Labute approximate surface area is 161 Å². The van der Waals surface area contributed by atoms with Gasteiger partial charge in [-0.15, -0.1) is 0 Å². The van der Waals surface area contributed by atoms with E-state index in [0.717, 1.165) is 52.1 Å². The predicted octanol–water partition coefficient (Wildman–Crippen LogP) is 2.49. The van der Waals surface area contributed by atoms with E-state index in [1.54, 1.807) is 0 Å². The van der Waals surface area contributed by atoms with Gasteiger partial charge in [-0.2, -0.15) is 0 Å². The maximum Gasteiger partial charge on any atom is 0.236 e. The number of anilines is 1. The third-order valence-electron chi connectivity index (χ3n) is 5.75. The van der Waals surface area contributed by atoms with E-state index in [2.05, 4.69) is 56.9 Å². The highest BCUT2D eigenvalue weighted by molar-refractivity contribution is 5.78. The Kier molecular flexibility index (Phi) is 5.39. The summed E-state index contributed by atoms with van der Waals surface area (Å²) in [6, 6.07) is 10.7. The molecule has 1 saturated heterocycles. The Morgan fingerprint density at radius 3 is 2.74 bits per heavy atom. The molecular formula is C22H28N4O. The van der Waals surface area contributed by atoms with Gasteiger partial charge in [-0.3, -0.25) is 14.7 Å². The Morgan fingerprint density at radius 1 is 1.04 bits per heavy atom. The zero-order valence-electron chi connectivity index (χ0n) is 16.1. The van der Waals surface area contributed by atoms with E-state index >= 15 is 0 Å². The second kappa shape index (κ2) is 8.09. The van der Waals surface area contributed by atoms with E-state index in [1.165, 1.54) is 22.4 Å². The number of fused-ring (bicyclic) bond motifs is 1. The maximum absolute atomic E-state index is 12.9. The first-order chi connectivity index (χ1) is 13.2. The molecule has 5 heteroatoms. The van der Waals surface area contributed by atoms with E-state index < -0.39 is 0 Å². The average Bonchev–Trinajstić information content (AvgIpc) is 2.94. The van der Waals surface area contributed by atoms with Gasteiger partial charge < -0.3 is 9.80 Å². The molecule has 1 amide bonds. The molecule has 0 unspecified atom stereocenters. The Balaban J connectivity index is 1.34. The summed E-state index contributed by atoms with van der Waals surface area (Å²) in [5, 5.41) is 0. The lowest BCUT2D eigenvalue weighted by atomic mass is 10.00. The number of aromatic nitrogens is 1. The number of carbonyl (C=O) groups excluding carboxylic acids is 1. The third-order valence-corrected chi connectivity index (χ3v) is 5.75. The molecule has 0 bridgehead atoms. The molecule has 3 heterocycles. The van der Waals surface area contributed by atoms with Gasteiger partial charge in [-0.25, -0.2) is 0 Å². The number of nitrogens with zero attached hydrogens (tertiary/aromatic N) is 4. The van der Waals surface area contributed by atoms with Crippen molar-refractivity contribution in [2.75, 3.05) is 44.2 Å². The van der Waals surface area contributed by atoms with Crippen LogP contribution < -0.4 is 4.90 Å². The van der Waals surface area contributed by atoms with Crippen molar-refractivity contribution in [2.24, 2.45) is 0 Å². The minimum Gasteiger partial charge on any atom is -0.369 e. The van der Waals surface area contributed by atoms with Crippen LogP contribution >= 0.6 is 0 Å². The summed E-state index contributed by atoms with van der Waals surface area (Å²) in [6.45, 7) is 8.02. The van der Waals surface area contributed by atoms with Gasteiger partial charge in [0.2, 0.25) is 5.91 Å². The van der Waals surface area contributed by atoms with Gasteiger partial charge >= 0.3 is 0 Å². The van der Waals surface area contributed by atoms with Crippen LogP contribution in [0.1, 0.15) is 23.1 Å². The van der Waals surface area contributed by atoms with Gasteiger partial charge in [0.15, 0.2) is 0 Å². The molecule has 4 rings (SSSR count). The molecule has 0 radical (unpaired) electrons. The molecule has 0 aliphatic carbocycles. The fourth-order valence-electron chi connectivity index (χ4n) is 4.21. The fourth-order valence-corrected chi connectivity index (χ4v) is 4.21. The molecule has 142 valence electrons. The first-order valence-corrected chi connectivity index (χ1v) is 9.93. The van der Waals surface area contributed by atoms with Crippen LogP contribution in [-0.4, -0.2) is 60.0 Å². The van der Waals surface area contributed by atoms with Crippen LogP contribution in [0.15, 0.2) is 42.7 Å². The van der Waals surface area contributed by atoms with Crippen molar-refractivity contribution >= 4 is 11.6 Å². The largest absolute Gasteiger partial charge is 0.369 e. The third kappa shape index (κ3) is 4.14. The number of aryl methyl sites for hydroxylation is 1. The summed E-state index contributed by atoms with van der Waals surface area (Å²) in [5.74, 6) is 0.266. The molecule has 0 N–H and O–H groups in total. The lowest BCUT2D eigenvalue weighted by Crippen LogP contribution is -2.43. The molecule has 2 aliphatic heterocycles. The van der Waals surface area contributed by atoms with Gasteiger partial charge in [0.1, 0.15) is 0 Å². The van der Waals surface area contributed by atoms with Gasteiger partial charge in [0.05, 0.1) is 6.54 Å². The topological polar surface area (TPSA) is 39.7 Å². The molecule has 5 nitrogen and oxygen atoms in total. The predicted molar refractivity (Wildman–Crippen MR) is 108 cm³/mol. The van der Waals surface area contributed by atoms with Gasteiger partial charge in [-0.1, -0.05) is 24.3 Å². The Bertz CT molecular complexity index is 806. The Hall–Kier alpha value is -2.40. The molecular weight excluding hydrogens is 336 g/mol. The fraction of sp³-hybridized carbons (Fsp3) is 0.455. The van der Waals surface area contributed by atoms with Gasteiger partial charge in [0.25, 0.3) is 0 Å². The molecule has 0 spiro atoms. The summed E-state index contributed by atoms with van der Waals surface area (Å²) in [6.07, 6.45) is 5.82. The minimum absolute atomic E-state index is 0.266. The van der Waals surface area contributed by atoms with Crippen LogP contribution in [0.25, 0.3) is 0 Å². The van der Waals surface area contributed by atoms with E-state index in [1.807, 2.05) is 12.4 Å². The van der Waals surface area contributed by atoms with E-state index in [4.69, 9.17) is 0 Å². The molecule has 0 saturated carbocycles. The Morgan fingerprint density at radius 2 is 1.89 bits per heavy atom. The summed E-state index contributed by atoms with van der Waals surface area (Å²) in [5.41, 5.74) is 5.24. The lowest BCUT2D eigenvalue weighted by Gasteiger charge is -2.30. The van der Waals surface area contributed by atoms with Gasteiger partial charge in [0, 0.05) is 57.3 Å². The number of benzene rings is 1. The van der Waals surface area contributed by atoms with Crippen LogP contribution in [-0.2, 0) is 17.8 Å². The molecule has 2 aromatic rings. The van der Waals surface area contributed by atoms with Crippen LogP contribution in [0.4, 0.5) is 5.69 Å². The number of rotatable bonds is 3. The van der Waals surface area contributed by atoms with Crippen LogP contribution in [0.2, 0.25) is 0 Å². The summed E-state index contributed by atoms with van der Waals surface area (Å²) in [7, 11) is 0. The molecule has 1 aromatic heterocycles. The maximum atomic E-state index is 12.9. The monoisotopic (exact) mass is 364 g/mol. The molecule has 0 atom stereocenters. The van der Waals surface area contributed by atoms with Crippen molar-refractivity contribution in [3.05, 3.63) is 59.4 Å². The number of pyridine rings is 1. The zero-order chi connectivity index (χ0) is 18.6. The second-order valence-electron chi connectivity index (χ2n) is 7.61. The van der Waals surface area contributed by atoms with Crippen molar-refractivity contribution in [1.29, 1.82) is 0 Å². The first kappa shape index (κ1) is 18.0. The van der Waals surface area contributed by atoms with Crippen molar-refractivity contribution in [3.8, 4) is 0 Å². The first-order valence-electron chi connectivity index (χ1n) is 9.93. The van der Waals surface area contributed by atoms with Crippen molar-refractivity contribution in [3.63, 3.8) is 0 Å². The van der Waals surface area contributed by atoms with Crippen molar-refractivity contribution in [1.82, 2.24) is 14.8 Å². The standard InChI is InChI=1S/C22H28N4O/c1-18-15-23-9-7-21(18)25-10-4-11-26(14-13-25)22(27)17-24-12-8-19-5-2-3-6-20(19)16-24/h2-3,5-7,9,15H,4,8,10-14,16-17H2,1H3. The number of carbonyl (C=O) groups is 1. The zero-order valence-corrected chi connectivity index (χ0v) is 16.1. The van der Waals surface area contributed by atoms with Crippen LogP contribution in [0.5, 0.6) is 0 Å². The minimum atomic E-state index is 0.266. The summed E-state index contributed by atoms with van der Waals surface area (Å²) < 4.78 is 0. The molecule has 1 fully saturated rings. The average molecular weight is 364 g/mol. The highest BCUT2D eigenvalue weighted by Gasteiger charge is 2.23. The summed E-state index contributed by atoms with van der Waals surface area (Å²) in [4.78, 5) is 23.8. The normalized spacial score (nSPS) is 18.1. The van der Waals surface area contributed by atoms with Crippen LogP contribution in [0.3, 0.4) is 0 Å². The van der Waals surface area contributed by atoms with E-state index in [9.17, 15) is 4.79 Å². The van der Waals surface area contributed by atoms with Crippen molar-refractivity contribution in [2.45, 2.75) is 26.3 Å². The smallest absolute Gasteiger partial charge is 0.236 e. The molecule has 1 aromatic carbocycles. The lowest BCUT2D eigenvalue weighted by molar-refractivity contribution is -0.132. The number of hydrogen-bond acceptors (Lipinski definition) is 4. The highest BCUT2D eigenvalue weighted by Crippen LogP contribution is 2.21. The van der Waals surface area contributed by atoms with Crippen LogP contribution in [0, 0.1) is 6.92 Å². The highest BCUT2D eigenvalue weighted by atomic mass is 16.2. The van der Waals surface area contributed by atoms with E-state index in [0.29, 0.717) is 6.54 Å². The number of hydrogen-bond donors (Lipinski definition) is 0. The quantitative estimate of drug-likeness (QED) is 0.839. The van der Waals surface area contributed by atoms with Gasteiger partial charge in [-0.05, 0) is 42.5 Å². The second-order valence-corrected chi connectivity index (χ2v) is 7.61. The molecule has 2 aliphatic rings.